The van der Waals surface area contributed by atoms with Gasteiger partial charge in [0.05, 0.1) is 25.9 Å². The van der Waals surface area contributed by atoms with Crippen LogP contribution in [0.4, 0.5) is 0 Å². The molecule has 0 heterocycles. The number of hydrogen-bond acceptors (Lipinski definition) is 5. The highest BCUT2D eigenvalue weighted by Gasteiger charge is 2.21. The third-order valence-corrected chi connectivity index (χ3v) is 4.44. The lowest BCUT2D eigenvalue weighted by atomic mass is 10.1. The van der Waals surface area contributed by atoms with E-state index < -0.39 is 6.10 Å². The minimum absolute atomic E-state index is 0.00695. The van der Waals surface area contributed by atoms with Crippen LogP contribution in [0.25, 0.3) is 0 Å². The molecule has 1 rings (SSSR count). The van der Waals surface area contributed by atoms with Crippen LogP contribution in [-0.4, -0.2) is 34.3 Å². The molecule has 0 amide bonds. The van der Waals surface area contributed by atoms with E-state index in [4.69, 9.17) is 9.47 Å². The molecule has 0 aromatic heterocycles. The molecule has 1 N–H and O–H groups in total. The van der Waals surface area contributed by atoms with Gasteiger partial charge in [0.25, 0.3) is 0 Å². The normalized spacial score (nSPS) is 14.0. The van der Waals surface area contributed by atoms with Gasteiger partial charge in [-0.05, 0) is 24.1 Å². The quantitative estimate of drug-likeness (QED) is 0.624. The fraction of sp³-hybridized carbons (Fsp3) is 0.550. The van der Waals surface area contributed by atoms with Crippen molar-refractivity contribution in [2.75, 3.05) is 7.11 Å². The molecule has 0 radical (unpaired) electrons. The zero-order valence-electron chi connectivity index (χ0n) is 15.7. The van der Waals surface area contributed by atoms with Gasteiger partial charge in [-0.1, -0.05) is 50.7 Å². The monoisotopic (exact) mass is 366 g/mol. The van der Waals surface area contributed by atoms with E-state index in [0.717, 1.165) is 11.3 Å². The van der Waals surface area contributed by atoms with Gasteiger partial charge in [0.2, 0.25) is 0 Å². The maximum Gasteiger partial charge on any atom is 0.192 e. The van der Waals surface area contributed by atoms with Crippen LogP contribution in [0, 0.1) is 0 Å². The summed E-state index contributed by atoms with van der Waals surface area (Å²) in [6, 6.07) is 7.67. The highest BCUT2D eigenvalue weighted by molar-refractivity contribution is 8.14. The number of aliphatic hydroxyl groups excluding tert-OH is 1. The number of hydrogen-bond donors (Lipinski definition) is 1. The van der Waals surface area contributed by atoms with Gasteiger partial charge in [0.1, 0.15) is 5.75 Å². The van der Waals surface area contributed by atoms with E-state index in [1.165, 1.54) is 11.8 Å². The topological polar surface area (TPSA) is 55.8 Å². The van der Waals surface area contributed by atoms with Crippen LogP contribution < -0.4 is 4.74 Å². The van der Waals surface area contributed by atoms with E-state index in [2.05, 4.69) is 6.58 Å². The molecule has 25 heavy (non-hydrogen) atoms. The Balaban J connectivity index is 2.49. The molecule has 4 nitrogen and oxygen atoms in total. The Morgan fingerprint density at radius 2 is 1.96 bits per heavy atom. The number of carbonyl (C=O) groups excluding carboxylic acids is 1. The lowest BCUT2D eigenvalue weighted by molar-refractivity contribution is -0.113. The third kappa shape index (κ3) is 9.68. The van der Waals surface area contributed by atoms with Crippen molar-refractivity contribution in [1.29, 1.82) is 0 Å². The molecule has 0 aliphatic heterocycles. The van der Waals surface area contributed by atoms with Crippen molar-refractivity contribution < 1.29 is 19.4 Å². The highest BCUT2D eigenvalue weighted by atomic mass is 32.2. The Morgan fingerprint density at radius 3 is 2.48 bits per heavy atom. The predicted molar refractivity (Wildman–Crippen MR) is 104 cm³/mol. The molecule has 0 aliphatic carbocycles. The second-order valence-corrected chi connectivity index (χ2v) is 8.87. The van der Waals surface area contributed by atoms with E-state index in [1.807, 2.05) is 45.0 Å². The molecular weight excluding hydrogens is 336 g/mol. The number of ether oxygens (including phenoxy) is 2. The SMILES string of the molecule is C=CC[C@H](C[C@@H](O)CC(=O)SC(C)(C)C)OCc1ccc(OC)cc1. The molecule has 0 fully saturated rings. The Bertz CT molecular complexity index is 534. The zero-order chi connectivity index (χ0) is 18.9. The molecule has 1 aromatic rings. The Labute approximate surface area is 155 Å². The maximum atomic E-state index is 12.0. The minimum atomic E-state index is -0.705. The van der Waals surface area contributed by atoms with Crippen molar-refractivity contribution >= 4 is 16.9 Å². The van der Waals surface area contributed by atoms with Crippen molar-refractivity contribution in [2.45, 2.75) is 63.6 Å². The van der Waals surface area contributed by atoms with Crippen LogP contribution in [0.2, 0.25) is 0 Å². The Hall–Kier alpha value is -1.30. The molecule has 1 aromatic carbocycles. The average Bonchev–Trinajstić information content (AvgIpc) is 2.51. The minimum Gasteiger partial charge on any atom is -0.497 e. The molecule has 0 saturated carbocycles. The summed E-state index contributed by atoms with van der Waals surface area (Å²) in [5.74, 6) is 0.802. The van der Waals surface area contributed by atoms with Crippen molar-refractivity contribution in [3.05, 3.63) is 42.5 Å². The number of benzene rings is 1. The summed E-state index contributed by atoms with van der Waals surface area (Å²) < 4.78 is 10.9. The largest absolute Gasteiger partial charge is 0.497 e. The standard InChI is InChI=1S/C20H30O4S/c1-6-7-18(12-16(21)13-19(22)25-20(2,3)4)24-14-15-8-10-17(23-5)11-9-15/h6,8-11,16,18,21H,1,7,12-14H2,2-5H3/t16-,18-/m1/s1. The molecule has 0 saturated heterocycles. The lowest BCUT2D eigenvalue weighted by Crippen LogP contribution is -2.23. The van der Waals surface area contributed by atoms with Crippen LogP contribution in [-0.2, 0) is 16.1 Å². The van der Waals surface area contributed by atoms with E-state index in [0.29, 0.717) is 19.4 Å². The van der Waals surface area contributed by atoms with Gasteiger partial charge in [-0.15, -0.1) is 6.58 Å². The van der Waals surface area contributed by atoms with Crippen LogP contribution in [0.5, 0.6) is 5.75 Å². The first-order valence-electron chi connectivity index (χ1n) is 8.49. The molecule has 0 bridgehead atoms. The summed E-state index contributed by atoms with van der Waals surface area (Å²) in [4.78, 5) is 12.0. The predicted octanol–water partition coefficient (Wildman–Crippen LogP) is 4.36. The van der Waals surface area contributed by atoms with E-state index in [1.54, 1.807) is 13.2 Å². The molecular formula is C20H30O4S. The van der Waals surface area contributed by atoms with Crippen molar-refractivity contribution in [3.8, 4) is 5.75 Å². The number of thioether (sulfide) groups is 1. The summed E-state index contributed by atoms with van der Waals surface area (Å²) in [6.45, 7) is 10.1. The smallest absolute Gasteiger partial charge is 0.192 e. The molecule has 5 heteroatoms. The average molecular weight is 367 g/mol. The van der Waals surface area contributed by atoms with Crippen LogP contribution in [0.3, 0.4) is 0 Å². The van der Waals surface area contributed by atoms with Crippen LogP contribution in [0.15, 0.2) is 36.9 Å². The van der Waals surface area contributed by atoms with Crippen LogP contribution >= 0.6 is 11.8 Å². The van der Waals surface area contributed by atoms with Gasteiger partial charge in [-0.25, -0.2) is 0 Å². The first-order valence-corrected chi connectivity index (χ1v) is 9.30. The fourth-order valence-corrected chi connectivity index (χ4v) is 3.28. The van der Waals surface area contributed by atoms with Crippen molar-refractivity contribution in [3.63, 3.8) is 0 Å². The number of methoxy groups -OCH3 is 1. The third-order valence-electron chi connectivity index (χ3n) is 3.43. The number of aliphatic hydroxyl groups is 1. The van der Waals surface area contributed by atoms with E-state index in [9.17, 15) is 9.90 Å². The van der Waals surface area contributed by atoms with Gasteiger partial charge in [0, 0.05) is 17.6 Å². The Morgan fingerprint density at radius 1 is 1.32 bits per heavy atom. The van der Waals surface area contributed by atoms with Gasteiger partial charge in [-0.2, -0.15) is 0 Å². The summed E-state index contributed by atoms with van der Waals surface area (Å²) in [6.07, 6.45) is 2.09. The lowest BCUT2D eigenvalue weighted by Gasteiger charge is -2.21. The first-order chi connectivity index (χ1) is 11.7. The Kier molecular flexibility index (Phi) is 9.25. The van der Waals surface area contributed by atoms with Crippen molar-refractivity contribution in [2.24, 2.45) is 0 Å². The number of rotatable bonds is 10. The maximum absolute atomic E-state index is 12.0. The van der Waals surface area contributed by atoms with E-state index in [-0.39, 0.29) is 22.4 Å². The number of carbonyl (C=O) groups is 1. The highest BCUT2D eigenvalue weighted by Crippen LogP contribution is 2.26. The molecule has 140 valence electrons. The molecule has 0 aliphatic rings. The van der Waals surface area contributed by atoms with E-state index >= 15 is 0 Å². The van der Waals surface area contributed by atoms with Gasteiger partial charge in [0.15, 0.2) is 5.12 Å². The summed E-state index contributed by atoms with van der Waals surface area (Å²) in [7, 11) is 1.63. The summed E-state index contributed by atoms with van der Waals surface area (Å²) in [5, 5.41) is 10.2. The first kappa shape index (κ1) is 21.7. The summed E-state index contributed by atoms with van der Waals surface area (Å²) in [5.41, 5.74) is 1.03. The molecule has 2 atom stereocenters. The van der Waals surface area contributed by atoms with Gasteiger partial charge >= 0.3 is 0 Å². The second-order valence-electron chi connectivity index (χ2n) is 6.99. The molecule has 0 unspecified atom stereocenters. The van der Waals surface area contributed by atoms with Gasteiger partial charge < -0.3 is 14.6 Å². The second kappa shape index (κ2) is 10.6. The fourth-order valence-electron chi connectivity index (χ4n) is 2.32. The zero-order valence-corrected chi connectivity index (χ0v) is 16.5. The van der Waals surface area contributed by atoms with Crippen molar-refractivity contribution in [1.82, 2.24) is 0 Å². The van der Waals surface area contributed by atoms with Crippen LogP contribution in [0.1, 0.15) is 45.6 Å². The summed E-state index contributed by atoms with van der Waals surface area (Å²) >= 11 is 1.27. The van der Waals surface area contributed by atoms with Gasteiger partial charge in [-0.3, -0.25) is 4.79 Å². The molecule has 0 spiro atoms.